The second-order valence-electron chi connectivity index (χ2n) is 5.66. The Hall–Kier alpha value is -0.870. The van der Waals surface area contributed by atoms with Crippen LogP contribution >= 0.6 is 0 Å². The molecule has 102 valence electrons. The van der Waals surface area contributed by atoms with E-state index in [-0.39, 0.29) is 0 Å². The van der Waals surface area contributed by atoms with Crippen molar-refractivity contribution in [1.82, 2.24) is 14.7 Å². The molecular weight excluding hydrogens is 224 g/mol. The topological polar surface area (TPSA) is 47.1 Å². The fraction of sp³-hybridized carbons (Fsp3) is 0.786. The van der Waals surface area contributed by atoms with Gasteiger partial charge in [0.1, 0.15) is 0 Å². The zero-order valence-corrected chi connectivity index (χ0v) is 12.1. The molecule has 0 bridgehead atoms. The van der Waals surface area contributed by atoms with Gasteiger partial charge in [-0.3, -0.25) is 9.58 Å². The van der Waals surface area contributed by atoms with Crippen molar-refractivity contribution in [3.8, 4) is 0 Å². The van der Waals surface area contributed by atoms with Crippen molar-refractivity contribution in [2.45, 2.75) is 45.7 Å². The van der Waals surface area contributed by atoms with Gasteiger partial charge in [-0.1, -0.05) is 6.92 Å². The van der Waals surface area contributed by atoms with Gasteiger partial charge < -0.3 is 5.73 Å². The van der Waals surface area contributed by atoms with Crippen LogP contribution in [0.5, 0.6) is 0 Å². The van der Waals surface area contributed by atoms with Crippen molar-refractivity contribution in [3.05, 3.63) is 17.5 Å². The molecule has 0 radical (unpaired) electrons. The molecule has 3 atom stereocenters. The van der Waals surface area contributed by atoms with E-state index in [1.54, 1.807) is 0 Å². The minimum absolute atomic E-state index is 0.316. The number of nitrogens with two attached hydrogens (primary N) is 1. The molecule has 2 rings (SSSR count). The first-order valence-electron chi connectivity index (χ1n) is 7.00. The van der Waals surface area contributed by atoms with Crippen LogP contribution in [-0.2, 0) is 7.05 Å². The molecule has 2 N–H and O–H groups in total. The van der Waals surface area contributed by atoms with Gasteiger partial charge in [0.05, 0.1) is 12.2 Å². The number of piperidine rings is 1. The Morgan fingerprint density at radius 2 is 2.22 bits per heavy atom. The summed E-state index contributed by atoms with van der Waals surface area (Å²) in [7, 11) is 1.99. The molecular formula is C14H26N4. The van der Waals surface area contributed by atoms with E-state index in [9.17, 15) is 0 Å². The number of rotatable bonds is 3. The Morgan fingerprint density at radius 3 is 2.78 bits per heavy atom. The molecule has 4 nitrogen and oxygen atoms in total. The second-order valence-corrected chi connectivity index (χ2v) is 5.66. The highest BCUT2D eigenvalue weighted by atomic mass is 15.3. The summed E-state index contributed by atoms with van der Waals surface area (Å²) in [6.07, 6.45) is 4.60. The standard InChI is InChI=1S/C14H26N4/c1-10-6-5-7-18(11(10)2)14(8-15)13-9-16-17(4)12(13)3/h9-11,14H,5-8,15H2,1-4H3. The largest absolute Gasteiger partial charge is 0.329 e. The lowest BCUT2D eigenvalue weighted by molar-refractivity contribution is 0.0706. The van der Waals surface area contributed by atoms with E-state index in [0.29, 0.717) is 18.6 Å². The normalized spacial score (nSPS) is 27.4. The molecule has 2 heterocycles. The van der Waals surface area contributed by atoms with E-state index in [2.05, 4.69) is 30.8 Å². The third kappa shape index (κ3) is 2.31. The lowest BCUT2D eigenvalue weighted by Gasteiger charge is -2.42. The first kappa shape index (κ1) is 13.6. The molecule has 0 saturated carbocycles. The Morgan fingerprint density at radius 1 is 1.50 bits per heavy atom. The molecule has 0 aliphatic carbocycles. The predicted molar refractivity (Wildman–Crippen MR) is 74.3 cm³/mol. The zero-order valence-electron chi connectivity index (χ0n) is 12.1. The van der Waals surface area contributed by atoms with Crippen molar-refractivity contribution in [3.63, 3.8) is 0 Å². The van der Waals surface area contributed by atoms with Crippen LogP contribution in [0.3, 0.4) is 0 Å². The van der Waals surface area contributed by atoms with Gasteiger partial charge in [0.15, 0.2) is 0 Å². The Kier molecular flexibility index (Phi) is 4.07. The van der Waals surface area contributed by atoms with Gasteiger partial charge in [0.25, 0.3) is 0 Å². The fourth-order valence-electron chi connectivity index (χ4n) is 3.09. The number of aromatic nitrogens is 2. The number of hydrogen-bond acceptors (Lipinski definition) is 3. The molecule has 1 saturated heterocycles. The highest BCUT2D eigenvalue weighted by Crippen LogP contribution is 2.31. The van der Waals surface area contributed by atoms with Gasteiger partial charge in [-0.15, -0.1) is 0 Å². The molecule has 1 aliphatic heterocycles. The molecule has 0 aromatic carbocycles. The molecule has 1 aromatic heterocycles. The van der Waals surface area contributed by atoms with Gasteiger partial charge in [-0.25, -0.2) is 0 Å². The average Bonchev–Trinajstić information content (AvgIpc) is 2.68. The van der Waals surface area contributed by atoms with Gasteiger partial charge in [-0.05, 0) is 39.2 Å². The van der Waals surface area contributed by atoms with Crippen LogP contribution in [0.2, 0.25) is 0 Å². The minimum Gasteiger partial charge on any atom is -0.329 e. The van der Waals surface area contributed by atoms with Crippen molar-refractivity contribution >= 4 is 0 Å². The summed E-state index contributed by atoms with van der Waals surface area (Å²) >= 11 is 0. The summed E-state index contributed by atoms with van der Waals surface area (Å²) in [5, 5.41) is 4.36. The zero-order chi connectivity index (χ0) is 13.3. The summed E-state index contributed by atoms with van der Waals surface area (Å²) in [5.41, 5.74) is 8.57. The van der Waals surface area contributed by atoms with Crippen molar-refractivity contribution < 1.29 is 0 Å². The van der Waals surface area contributed by atoms with Gasteiger partial charge in [-0.2, -0.15) is 5.10 Å². The molecule has 1 fully saturated rings. The number of aryl methyl sites for hydroxylation is 1. The summed E-state index contributed by atoms with van der Waals surface area (Å²) in [6, 6.07) is 0.920. The van der Waals surface area contributed by atoms with Gasteiger partial charge in [0, 0.05) is 30.9 Å². The summed E-state index contributed by atoms with van der Waals surface area (Å²) in [6.45, 7) is 8.63. The van der Waals surface area contributed by atoms with Gasteiger partial charge >= 0.3 is 0 Å². The average molecular weight is 250 g/mol. The minimum atomic E-state index is 0.316. The van der Waals surface area contributed by atoms with E-state index in [0.717, 1.165) is 12.5 Å². The SMILES string of the molecule is Cc1c(C(CN)N2CCCC(C)C2C)cnn1C. The molecule has 4 heteroatoms. The van der Waals surface area contributed by atoms with E-state index in [1.807, 2.05) is 17.9 Å². The number of likely N-dealkylation sites (tertiary alicyclic amines) is 1. The van der Waals surface area contributed by atoms with Crippen LogP contribution in [0.15, 0.2) is 6.20 Å². The lowest BCUT2D eigenvalue weighted by atomic mass is 9.89. The van der Waals surface area contributed by atoms with Crippen molar-refractivity contribution in [2.24, 2.45) is 18.7 Å². The second kappa shape index (κ2) is 5.41. The Balaban J connectivity index is 2.25. The van der Waals surface area contributed by atoms with Crippen LogP contribution in [0.4, 0.5) is 0 Å². The van der Waals surface area contributed by atoms with Crippen LogP contribution in [-0.4, -0.2) is 33.8 Å². The summed E-state index contributed by atoms with van der Waals surface area (Å²) < 4.78 is 1.94. The quantitative estimate of drug-likeness (QED) is 0.890. The van der Waals surface area contributed by atoms with Crippen LogP contribution in [0, 0.1) is 12.8 Å². The highest BCUT2D eigenvalue weighted by Gasteiger charge is 2.31. The van der Waals surface area contributed by atoms with E-state index in [4.69, 9.17) is 5.73 Å². The molecule has 1 aromatic rings. The number of hydrogen-bond donors (Lipinski definition) is 1. The monoisotopic (exact) mass is 250 g/mol. The predicted octanol–water partition coefficient (Wildman–Crippen LogP) is 1.85. The van der Waals surface area contributed by atoms with Crippen LogP contribution in [0.25, 0.3) is 0 Å². The van der Waals surface area contributed by atoms with E-state index in [1.165, 1.54) is 24.1 Å². The van der Waals surface area contributed by atoms with Crippen molar-refractivity contribution in [1.29, 1.82) is 0 Å². The van der Waals surface area contributed by atoms with Crippen LogP contribution in [0.1, 0.15) is 44.0 Å². The van der Waals surface area contributed by atoms with E-state index < -0.39 is 0 Å². The third-order valence-electron chi connectivity index (χ3n) is 4.68. The maximum atomic E-state index is 6.04. The summed E-state index contributed by atoms with van der Waals surface area (Å²) in [4.78, 5) is 2.57. The maximum Gasteiger partial charge on any atom is 0.0540 e. The fourth-order valence-corrected chi connectivity index (χ4v) is 3.09. The summed E-state index contributed by atoms with van der Waals surface area (Å²) in [5.74, 6) is 0.754. The van der Waals surface area contributed by atoms with E-state index >= 15 is 0 Å². The smallest absolute Gasteiger partial charge is 0.0540 e. The highest BCUT2D eigenvalue weighted by molar-refractivity contribution is 5.21. The molecule has 1 aliphatic rings. The Bertz CT molecular complexity index is 398. The lowest BCUT2D eigenvalue weighted by Crippen LogP contribution is -2.46. The third-order valence-corrected chi connectivity index (χ3v) is 4.68. The molecule has 0 spiro atoms. The van der Waals surface area contributed by atoms with Crippen LogP contribution < -0.4 is 5.73 Å². The Labute approximate surface area is 110 Å². The van der Waals surface area contributed by atoms with Gasteiger partial charge in [0.2, 0.25) is 0 Å². The first-order valence-corrected chi connectivity index (χ1v) is 7.00. The molecule has 0 amide bonds. The molecule has 18 heavy (non-hydrogen) atoms. The maximum absolute atomic E-state index is 6.04. The molecule has 3 unspecified atom stereocenters. The van der Waals surface area contributed by atoms with Crippen molar-refractivity contribution in [2.75, 3.05) is 13.1 Å². The number of nitrogens with zero attached hydrogens (tertiary/aromatic N) is 3. The first-order chi connectivity index (χ1) is 8.56.